The van der Waals surface area contributed by atoms with Crippen molar-refractivity contribution in [1.82, 2.24) is 14.3 Å². The van der Waals surface area contributed by atoms with Crippen LogP contribution in [-0.4, -0.2) is 20.3 Å². The molecule has 0 radical (unpaired) electrons. The van der Waals surface area contributed by atoms with Crippen LogP contribution in [0.15, 0.2) is 72.9 Å². The number of anilines is 1. The summed E-state index contributed by atoms with van der Waals surface area (Å²) in [5.41, 5.74) is 2.65. The van der Waals surface area contributed by atoms with E-state index in [1.807, 2.05) is 78.4 Å². The average molecular weight is 330 g/mol. The van der Waals surface area contributed by atoms with E-state index in [0.717, 1.165) is 23.1 Å². The van der Waals surface area contributed by atoms with Gasteiger partial charge in [0, 0.05) is 29.7 Å². The van der Waals surface area contributed by atoms with E-state index in [2.05, 4.69) is 10.4 Å². The van der Waals surface area contributed by atoms with Crippen LogP contribution in [0, 0.1) is 0 Å². The zero-order chi connectivity index (χ0) is 17.2. The molecule has 0 aliphatic rings. The fourth-order valence-corrected chi connectivity index (χ4v) is 3.03. The molecule has 0 atom stereocenters. The van der Waals surface area contributed by atoms with Crippen LogP contribution in [0.5, 0.6) is 0 Å². The Kier molecular flexibility index (Phi) is 3.82. The largest absolute Gasteiger partial charge is 0.337 e. The fourth-order valence-electron chi connectivity index (χ4n) is 3.03. The number of aryl methyl sites for hydroxylation is 1. The van der Waals surface area contributed by atoms with Crippen molar-refractivity contribution in [2.24, 2.45) is 0 Å². The number of rotatable bonds is 4. The quantitative estimate of drug-likeness (QED) is 0.612. The molecule has 2 aromatic carbocycles. The molecule has 2 heterocycles. The Morgan fingerprint density at radius 1 is 1.04 bits per heavy atom. The Morgan fingerprint density at radius 3 is 2.60 bits per heavy atom. The number of nitrogens with zero attached hydrogens (tertiary/aromatic N) is 3. The summed E-state index contributed by atoms with van der Waals surface area (Å²) in [5.74, 6) is 0.373. The van der Waals surface area contributed by atoms with Crippen molar-refractivity contribution in [2.45, 2.75) is 13.5 Å². The molecule has 25 heavy (non-hydrogen) atoms. The van der Waals surface area contributed by atoms with Crippen LogP contribution in [0.4, 0.5) is 5.82 Å². The zero-order valence-corrected chi connectivity index (χ0v) is 13.9. The lowest BCUT2D eigenvalue weighted by atomic mass is 10.2. The molecule has 0 unspecified atom stereocenters. The molecule has 2 aromatic heterocycles. The minimum atomic E-state index is -0.156. The third kappa shape index (κ3) is 2.80. The van der Waals surface area contributed by atoms with Crippen molar-refractivity contribution in [3.05, 3.63) is 78.6 Å². The minimum absolute atomic E-state index is 0.156. The van der Waals surface area contributed by atoms with Gasteiger partial charge in [0.05, 0.1) is 5.69 Å². The molecule has 5 heteroatoms. The summed E-state index contributed by atoms with van der Waals surface area (Å²) < 4.78 is 3.75. The summed E-state index contributed by atoms with van der Waals surface area (Å²) in [6.45, 7) is 2.77. The van der Waals surface area contributed by atoms with Crippen LogP contribution in [0.3, 0.4) is 0 Å². The van der Waals surface area contributed by atoms with E-state index in [1.54, 1.807) is 10.7 Å². The first-order valence-electron chi connectivity index (χ1n) is 8.27. The molecule has 0 bridgehead atoms. The normalized spacial score (nSPS) is 10.9. The predicted molar refractivity (Wildman–Crippen MR) is 99.1 cm³/mol. The third-order valence-electron chi connectivity index (χ3n) is 4.21. The van der Waals surface area contributed by atoms with Crippen LogP contribution in [0.1, 0.15) is 17.4 Å². The van der Waals surface area contributed by atoms with Crippen molar-refractivity contribution in [3.8, 4) is 5.69 Å². The molecule has 0 saturated carbocycles. The number of aromatic nitrogens is 3. The number of hydrogen-bond donors (Lipinski definition) is 1. The van der Waals surface area contributed by atoms with Gasteiger partial charge in [0.25, 0.3) is 5.91 Å². The second-order valence-electron chi connectivity index (χ2n) is 5.77. The van der Waals surface area contributed by atoms with Crippen molar-refractivity contribution >= 4 is 22.6 Å². The first kappa shape index (κ1) is 15.2. The van der Waals surface area contributed by atoms with Crippen LogP contribution in [0.25, 0.3) is 16.6 Å². The van der Waals surface area contributed by atoms with Gasteiger partial charge in [0.15, 0.2) is 5.82 Å². The highest BCUT2D eigenvalue weighted by molar-refractivity contribution is 6.06. The number of benzene rings is 2. The van der Waals surface area contributed by atoms with Crippen LogP contribution in [-0.2, 0) is 6.54 Å². The monoisotopic (exact) mass is 330 g/mol. The van der Waals surface area contributed by atoms with E-state index in [1.165, 1.54) is 0 Å². The lowest BCUT2D eigenvalue weighted by Gasteiger charge is -2.07. The Bertz CT molecular complexity index is 1030. The molecular weight excluding hydrogens is 312 g/mol. The summed E-state index contributed by atoms with van der Waals surface area (Å²) in [4.78, 5) is 12.7. The average Bonchev–Trinajstić information content (AvgIpc) is 3.26. The summed E-state index contributed by atoms with van der Waals surface area (Å²) in [5, 5.41) is 8.38. The number of fused-ring (bicyclic) bond motifs is 1. The number of carbonyl (C=O) groups excluding carboxylic acids is 1. The van der Waals surface area contributed by atoms with Gasteiger partial charge in [-0.2, -0.15) is 5.10 Å². The van der Waals surface area contributed by atoms with Gasteiger partial charge in [0.2, 0.25) is 0 Å². The van der Waals surface area contributed by atoms with Crippen molar-refractivity contribution in [2.75, 3.05) is 5.32 Å². The van der Waals surface area contributed by atoms with Gasteiger partial charge in [-0.15, -0.1) is 0 Å². The van der Waals surface area contributed by atoms with Gasteiger partial charge in [-0.3, -0.25) is 4.79 Å². The van der Waals surface area contributed by atoms with Crippen molar-refractivity contribution in [3.63, 3.8) is 0 Å². The maximum absolute atomic E-state index is 12.7. The van der Waals surface area contributed by atoms with E-state index >= 15 is 0 Å². The fraction of sp³-hybridized carbons (Fsp3) is 0.100. The molecule has 0 spiro atoms. The predicted octanol–water partition coefficient (Wildman–Crippen LogP) is 4.10. The SMILES string of the molecule is CCn1c(C(=O)Nc2ccn(-c3ccccc3)n2)cc2ccccc21. The number of para-hydroxylation sites is 2. The molecule has 0 fully saturated rings. The third-order valence-corrected chi connectivity index (χ3v) is 4.21. The van der Waals surface area contributed by atoms with E-state index in [0.29, 0.717) is 11.5 Å². The zero-order valence-electron chi connectivity index (χ0n) is 13.9. The Hall–Kier alpha value is -3.34. The van der Waals surface area contributed by atoms with E-state index in [4.69, 9.17) is 0 Å². The molecule has 1 amide bonds. The lowest BCUT2D eigenvalue weighted by Crippen LogP contribution is -2.17. The Balaban J connectivity index is 1.62. The standard InChI is InChI=1S/C20H18N4O/c1-2-23-17-11-7-6-8-15(17)14-18(23)20(25)21-19-12-13-24(22-19)16-9-4-3-5-10-16/h3-14H,2H2,1H3,(H,21,22,25). The molecule has 0 saturated heterocycles. The molecule has 124 valence electrons. The molecule has 4 aromatic rings. The van der Waals surface area contributed by atoms with Gasteiger partial charge in [-0.05, 0) is 31.2 Å². The Labute approximate surface area is 145 Å². The summed E-state index contributed by atoms with van der Waals surface area (Å²) >= 11 is 0. The maximum Gasteiger partial charge on any atom is 0.273 e. The Morgan fingerprint density at radius 2 is 1.80 bits per heavy atom. The highest BCUT2D eigenvalue weighted by Gasteiger charge is 2.15. The molecule has 4 rings (SSSR count). The molecular formula is C20H18N4O. The van der Waals surface area contributed by atoms with Crippen molar-refractivity contribution in [1.29, 1.82) is 0 Å². The minimum Gasteiger partial charge on any atom is -0.337 e. The second-order valence-corrected chi connectivity index (χ2v) is 5.77. The molecule has 0 aliphatic heterocycles. The van der Waals surface area contributed by atoms with Gasteiger partial charge in [0.1, 0.15) is 5.69 Å². The van der Waals surface area contributed by atoms with E-state index in [-0.39, 0.29) is 5.91 Å². The van der Waals surface area contributed by atoms with E-state index < -0.39 is 0 Å². The summed E-state index contributed by atoms with van der Waals surface area (Å²) in [6.07, 6.45) is 1.83. The number of hydrogen-bond acceptors (Lipinski definition) is 2. The van der Waals surface area contributed by atoms with Crippen LogP contribution < -0.4 is 5.32 Å². The first-order chi connectivity index (χ1) is 12.3. The van der Waals surface area contributed by atoms with Crippen LogP contribution >= 0.6 is 0 Å². The van der Waals surface area contributed by atoms with Crippen LogP contribution in [0.2, 0.25) is 0 Å². The lowest BCUT2D eigenvalue weighted by molar-refractivity contribution is 0.101. The maximum atomic E-state index is 12.7. The molecule has 0 aliphatic carbocycles. The number of amides is 1. The topological polar surface area (TPSA) is 51.9 Å². The molecule has 5 nitrogen and oxygen atoms in total. The number of carbonyl (C=O) groups is 1. The van der Waals surface area contributed by atoms with E-state index in [9.17, 15) is 4.79 Å². The van der Waals surface area contributed by atoms with Gasteiger partial charge >= 0.3 is 0 Å². The number of nitrogens with one attached hydrogen (secondary N) is 1. The van der Waals surface area contributed by atoms with Gasteiger partial charge < -0.3 is 9.88 Å². The van der Waals surface area contributed by atoms with Gasteiger partial charge in [-0.1, -0.05) is 36.4 Å². The highest BCUT2D eigenvalue weighted by atomic mass is 16.2. The highest BCUT2D eigenvalue weighted by Crippen LogP contribution is 2.21. The summed E-state index contributed by atoms with van der Waals surface area (Å²) in [6, 6.07) is 21.5. The smallest absolute Gasteiger partial charge is 0.273 e. The summed E-state index contributed by atoms with van der Waals surface area (Å²) in [7, 11) is 0. The second kappa shape index (κ2) is 6.28. The first-order valence-corrected chi connectivity index (χ1v) is 8.27. The van der Waals surface area contributed by atoms with Crippen molar-refractivity contribution < 1.29 is 4.79 Å². The molecule has 1 N–H and O–H groups in total. The van der Waals surface area contributed by atoms with Gasteiger partial charge in [-0.25, -0.2) is 4.68 Å².